The number of nitrogens with one attached hydrogen (secondary N) is 2. The Kier molecular flexibility index (Phi) is 13.8. The van der Waals surface area contributed by atoms with E-state index in [0.29, 0.717) is 49.8 Å². The fourth-order valence-electron chi connectivity index (χ4n) is 6.67. The second kappa shape index (κ2) is 18.0. The first-order valence-electron chi connectivity index (χ1n) is 17.3. The number of aliphatic hydroxyl groups excluding tert-OH is 1. The smallest absolute Gasteiger partial charge is 0.410 e. The van der Waals surface area contributed by atoms with Gasteiger partial charge in [0.15, 0.2) is 11.9 Å². The van der Waals surface area contributed by atoms with Crippen molar-refractivity contribution >= 4 is 23.7 Å². The summed E-state index contributed by atoms with van der Waals surface area (Å²) in [7, 11) is 1.55. The Morgan fingerprint density at radius 2 is 1.83 bits per heavy atom. The topological polar surface area (TPSA) is 145 Å². The van der Waals surface area contributed by atoms with Crippen LogP contribution in [0.3, 0.4) is 0 Å². The molecule has 1 aromatic heterocycles. The molecule has 2 heterocycles. The number of H-pyrrole nitrogens is 1. The number of amides is 3. The lowest BCUT2D eigenvalue weighted by Crippen LogP contribution is -2.56. The summed E-state index contributed by atoms with van der Waals surface area (Å²) < 4.78 is 5.82. The van der Waals surface area contributed by atoms with Gasteiger partial charge in [-0.3, -0.25) is 14.4 Å². The van der Waals surface area contributed by atoms with Crippen LogP contribution in [0.15, 0.2) is 42.9 Å². The Morgan fingerprint density at radius 1 is 1.09 bits per heavy atom. The van der Waals surface area contributed by atoms with Crippen LogP contribution in [0.2, 0.25) is 0 Å². The van der Waals surface area contributed by atoms with Gasteiger partial charge in [-0.25, -0.2) is 9.78 Å². The van der Waals surface area contributed by atoms with Gasteiger partial charge in [-0.2, -0.15) is 0 Å². The molecule has 11 nitrogen and oxygen atoms in total. The van der Waals surface area contributed by atoms with E-state index in [1.165, 1.54) is 22.5 Å². The Morgan fingerprint density at radius 3 is 2.49 bits per heavy atom. The Hall–Kier alpha value is -3.73. The molecule has 1 saturated carbocycles. The lowest BCUT2D eigenvalue weighted by molar-refractivity contribution is -0.146. The highest BCUT2D eigenvalue weighted by molar-refractivity contribution is 5.91. The van der Waals surface area contributed by atoms with Crippen LogP contribution in [0.1, 0.15) is 89.3 Å². The number of hydrogen-bond acceptors (Lipinski definition) is 7. The van der Waals surface area contributed by atoms with Crippen molar-refractivity contribution in [1.82, 2.24) is 25.1 Å². The van der Waals surface area contributed by atoms with Gasteiger partial charge in [0.05, 0.1) is 25.0 Å². The molecule has 0 radical (unpaired) electrons. The normalized spacial score (nSPS) is 18.3. The fraction of sp³-hybridized carbons (Fsp3) is 0.639. The maximum absolute atomic E-state index is 14.2. The summed E-state index contributed by atoms with van der Waals surface area (Å²) in [5.41, 5.74) is 1.45. The van der Waals surface area contributed by atoms with Gasteiger partial charge in [0.2, 0.25) is 5.91 Å². The molecule has 1 aliphatic heterocycles. The maximum atomic E-state index is 14.2. The first-order chi connectivity index (χ1) is 22.6. The van der Waals surface area contributed by atoms with Crippen LogP contribution < -0.4 is 5.32 Å². The highest BCUT2D eigenvalue weighted by Crippen LogP contribution is 2.29. The van der Waals surface area contributed by atoms with E-state index in [1.807, 2.05) is 30.3 Å². The lowest BCUT2D eigenvalue weighted by Gasteiger charge is -2.35. The predicted molar refractivity (Wildman–Crippen MR) is 178 cm³/mol. The van der Waals surface area contributed by atoms with Crippen molar-refractivity contribution in [1.29, 1.82) is 0 Å². The molecule has 4 rings (SSSR count). The number of likely N-dealkylation sites (N-methyl/N-ethyl adjacent to an activating group) is 1. The number of carbonyl (C=O) groups is 4. The van der Waals surface area contributed by atoms with Gasteiger partial charge in [0.1, 0.15) is 6.04 Å². The summed E-state index contributed by atoms with van der Waals surface area (Å²) in [4.78, 5) is 63.5. The van der Waals surface area contributed by atoms with Crippen LogP contribution >= 0.6 is 0 Å². The van der Waals surface area contributed by atoms with E-state index in [4.69, 9.17) is 4.74 Å². The average Bonchev–Trinajstić information content (AvgIpc) is 3.59. The summed E-state index contributed by atoms with van der Waals surface area (Å²) in [5.74, 6) is -0.129. The summed E-state index contributed by atoms with van der Waals surface area (Å²) in [5, 5.41) is 14.5. The Labute approximate surface area is 278 Å². The number of rotatable bonds is 15. The van der Waals surface area contributed by atoms with Crippen molar-refractivity contribution in [3.8, 4) is 0 Å². The van der Waals surface area contributed by atoms with Crippen molar-refractivity contribution in [3.63, 3.8) is 0 Å². The molecule has 2 aromatic rings. The number of aromatic amines is 1. The molecule has 4 atom stereocenters. The molecule has 1 saturated heterocycles. The van der Waals surface area contributed by atoms with Gasteiger partial charge < -0.3 is 29.9 Å². The third-order valence-corrected chi connectivity index (χ3v) is 9.52. The van der Waals surface area contributed by atoms with E-state index in [9.17, 15) is 24.3 Å². The monoisotopic (exact) mass is 651 g/mol. The van der Waals surface area contributed by atoms with Crippen LogP contribution in [0.4, 0.5) is 4.79 Å². The number of aromatic nitrogens is 2. The van der Waals surface area contributed by atoms with Gasteiger partial charge in [0, 0.05) is 44.7 Å². The third-order valence-electron chi connectivity index (χ3n) is 9.52. The van der Waals surface area contributed by atoms with E-state index in [2.05, 4.69) is 29.1 Å². The zero-order chi connectivity index (χ0) is 33.8. The third kappa shape index (κ3) is 11.2. The lowest BCUT2D eigenvalue weighted by atomic mass is 9.83. The van der Waals surface area contributed by atoms with E-state index < -0.39 is 36.3 Å². The second-order valence-corrected chi connectivity index (χ2v) is 13.8. The number of ether oxygens (including phenoxy) is 1. The molecule has 47 heavy (non-hydrogen) atoms. The fourth-order valence-corrected chi connectivity index (χ4v) is 6.67. The van der Waals surface area contributed by atoms with Crippen molar-refractivity contribution in [2.24, 2.45) is 11.8 Å². The van der Waals surface area contributed by atoms with E-state index in [0.717, 1.165) is 37.7 Å². The number of Topliss-reactive ketones (excluding diaryl/α,β-unsaturated/α-hetero) is 1. The first-order valence-corrected chi connectivity index (χ1v) is 17.3. The minimum atomic E-state index is -1.22. The quantitative estimate of drug-likeness (QED) is 0.258. The van der Waals surface area contributed by atoms with Crippen LogP contribution in [0.5, 0.6) is 0 Å². The van der Waals surface area contributed by atoms with Gasteiger partial charge in [0.25, 0.3) is 5.91 Å². The molecule has 3 unspecified atom stereocenters. The van der Waals surface area contributed by atoms with Crippen molar-refractivity contribution in [2.45, 2.75) is 115 Å². The van der Waals surface area contributed by atoms with Gasteiger partial charge in [-0.1, -0.05) is 76.3 Å². The molecular formula is C36H53N5O6. The number of carbonyl (C=O) groups excluding carboxylic acids is 4. The van der Waals surface area contributed by atoms with Crippen molar-refractivity contribution in [2.75, 3.05) is 20.1 Å². The number of hydrogen-bond donors (Lipinski definition) is 3. The SMILES string of the molecule is CC(C)CCC(O)C(CC1CCCCC1)NC(=O)[C@H](Cc1cnc[nH]1)N(C)C(=O)C(Cc1ccccc1)OC(=O)N1CCCC(=O)C1. The summed E-state index contributed by atoms with van der Waals surface area (Å²) in [6, 6.07) is 7.83. The molecule has 2 fully saturated rings. The molecule has 1 aromatic carbocycles. The van der Waals surface area contributed by atoms with Crippen LogP contribution in [-0.4, -0.2) is 93.0 Å². The minimum Gasteiger partial charge on any atom is -0.436 e. The number of imidazole rings is 1. The number of benzene rings is 1. The molecule has 1 aliphatic carbocycles. The van der Waals surface area contributed by atoms with Crippen LogP contribution in [0.25, 0.3) is 0 Å². The molecular weight excluding hydrogens is 598 g/mol. The highest BCUT2D eigenvalue weighted by atomic mass is 16.6. The standard InChI is InChI=1S/C36H53N5O6/c1-25(2)16-17-32(43)30(19-26-11-6-4-7-12-26)39-34(44)31(21-28-22-37-24-38-28)40(3)35(45)33(20-27-13-8-5-9-14-27)47-36(46)41-18-10-15-29(42)23-41/h5,8-9,13-14,22,24-26,30-33,43H,4,6-7,10-12,15-21,23H2,1-3H3,(H,37,38)(H,39,44)/t30?,31-,32?,33?/m0/s1. The molecule has 11 heteroatoms. The zero-order valence-corrected chi connectivity index (χ0v) is 28.2. The second-order valence-electron chi connectivity index (χ2n) is 13.8. The Balaban J connectivity index is 1.56. The van der Waals surface area contributed by atoms with Gasteiger partial charge in [-0.05, 0) is 43.1 Å². The maximum Gasteiger partial charge on any atom is 0.410 e. The predicted octanol–water partition coefficient (Wildman–Crippen LogP) is 4.44. The first kappa shape index (κ1) is 36.1. The molecule has 258 valence electrons. The van der Waals surface area contributed by atoms with Gasteiger partial charge in [-0.15, -0.1) is 0 Å². The van der Waals surface area contributed by atoms with E-state index in [1.54, 1.807) is 13.2 Å². The zero-order valence-electron chi connectivity index (χ0n) is 28.2. The molecule has 3 N–H and O–H groups in total. The molecule has 2 aliphatic rings. The van der Waals surface area contributed by atoms with Crippen LogP contribution in [-0.2, 0) is 32.0 Å². The van der Waals surface area contributed by atoms with E-state index >= 15 is 0 Å². The molecule has 0 spiro atoms. The molecule has 3 amide bonds. The minimum absolute atomic E-state index is 0.0483. The largest absolute Gasteiger partial charge is 0.436 e. The Bertz CT molecular complexity index is 1280. The van der Waals surface area contributed by atoms with E-state index in [-0.39, 0.29) is 31.1 Å². The number of aliphatic hydroxyl groups is 1. The van der Waals surface area contributed by atoms with Crippen molar-refractivity contribution in [3.05, 3.63) is 54.1 Å². The summed E-state index contributed by atoms with van der Waals surface area (Å²) in [6.45, 7) is 4.56. The molecule has 0 bridgehead atoms. The number of ketones is 1. The van der Waals surface area contributed by atoms with Crippen LogP contribution in [0, 0.1) is 11.8 Å². The summed E-state index contributed by atoms with van der Waals surface area (Å²) in [6.07, 6.45) is 9.46. The average molecular weight is 652 g/mol. The number of nitrogens with zero attached hydrogens (tertiary/aromatic N) is 3. The summed E-state index contributed by atoms with van der Waals surface area (Å²) >= 11 is 0. The highest BCUT2D eigenvalue weighted by Gasteiger charge is 2.37. The number of piperidine rings is 1. The number of likely N-dealkylation sites (tertiary alicyclic amines) is 1. The van der Waals surface area contributed by atoms with Gasteiger partial charge >= 0.3 is 6.09 Å². The van der Waals surface area contributed by atoms with Crippen molar-refractivity contribution < 1.29 is 29.0 Å².